The van der Waals surface area contributed by atoms with Crippen molar-refractivity contribution in [2.45, 2.75) is 70.1 Å². The second-order valence-corrected chi connectivity index (χ2v) is 8.00. The standard InChI is InChI=1S/C15H26N2O2/c1-14(2,3)19-13(18)17-12-10-4-9-5-11(12)8-15(16,6-9)7-10/h9-12H,4-8,16H2,1-3H3,(H,17,18)/t9?,10-,11+,12?,15?. The summed E-state index contributed by atoms with van der Waals surface area (Å²) in [6.07, 6.45) is 5.53. The second-order valence-electron chi connectivity index (χ2n) is 8.00. The van der Waals surface area contributed by atoms with E-state index in [0.717, 1.165) is 18.8 Å². The van der Waals surface area contributed by atoms with Gasteiger partial charge in [-0.15, -0.1) is 0 Å². The van der Waals surface area contributed by atoms with Gasteiger partial charge in [-0.3, -0.25) is 0 Å². The predicted octanol–water partition coefficient (Wildman–Crippen LogP) is 2.42. The van der Waals surface area contributed by atoms with Crippen molar-refractivity contribution in [3.05, 3.63) is 0 Å². The van der Waals surface area contributed by atoms with Gasteiger partial charge in [0.05, 0.1) is 0 Å². The van der Waals surface area contributed by atoms with Gasteiger partial charge < -0.3 is 15.8 Å². The van der Waals surface area contributed by atoms with Crippen LogP contribution in [-0.4, -0.2) is 23.3 Å². The first-order valence-electron chi connectivity index (χ1n) is 7.52. The van der Waals surface area contributed by atoms with Gasteiger partial charge in [0.25, 0.3) is 0 Å². The topological polar surface area (TPSA) is 64.3 Å². The first-order valence-corrected chi connectivity index (χ1v) is 7.52. The molecule has 4 heteroatoms. The van der Waals surface area contributed by atoms with Crippen molar-refractivity contribution in [1.29, 1.82) is 0 Å². The third-order valence-corrected chi connectivity index (χ3v) is 5.00. The number of carbonyl (C=O) groups excluding carboxylic acids is 1. The maximum Gasteiger partial charge on any atom is 0.407 e. The van der Waals surface area contributed by atoms with E-state index in [9.17, 15) is 4.79 Å². The van der Waals surface area contributed by atoms with Crippen molar-refractivity contribution in [2.75, 3.05) is 0 Å². The maximum atomic E-state index is 12.0. The van der Waals surface area contributed by atoms with Crippen molar-refractivity contribution < 1.29 is 9.53 Å². The Morgan fingerprint density at radius 1 is 1.21 bits per heavy atom. The van der Waals surface area contributed by atoms with Crippen LogP contribution in [-0.2, 0) is 4.74 Å². The van der Waals surface area contributed by atoms with Crippen LogP contribution >= 0.6 is 0 Å². The van der Waals surface area contributed by atoms with Crippen molar-refractivity contribution in [3.8, 4) is 0 Å². The third kappa shape index (κ3) is 2.60. The molecule has 0 aliphatic heterocycles. The molecule has 0 saturated heterocycles. The van der Waals surface area contributed by atoms with Crippen LogP contribution in [0.25, 0.3) is 0 Å². The molecular formula is C15H26N2O2. The third-order valence-electron chi connectivity index (χ3n) is 5.00. The molecule has 4 aliphatic carbocycles. The van der Waals surface area contributed by atoms with Gasteiger partial charge in [-0.05, 0) is 70.6 Å². The summed E-state index contributed by atoms with van der Waals surface area (Å²) in [6, 6.07) is 0.281. The Kier molecular flexibility index (Phi) is 2.86. The normalized spacial score (nSPS) is 44.2. The van der Waals surface area contributed by atoms with Gasteiger partial charge in [0.2, 0.25) is 0 Å². The lowest BCUT2D eigenvalue weighted by Gasteiger charge is -2.58. The summed E-state index contributed by atoms with van der Waals surface area (Å²) >= 11 is 0. The molecule has 0 heterocycles. The first-order chi connectivity index (χ1) is 8.74. The molecule has 4 fully saturated rings. The SMILES string of the molecule is CC(C)(C)OC(=O)NC1[C@@H]2CC3C[C@H]1CC(N)(C3)C2. The van der Waals surface area contributed by atoms with Crippen LogP contribution in [0.3, 0.4) is 0 Å². The molecule has 0 aromatic carbocycles. The number of hydrogen-bond acceptors (Lipinski definition) is 3. The molecule has 0 aromatic rings. The number of amides is 1. The zero-order valence-corrected chi connectivity index (χ0v) is 12.2. The van der Waals surface area contributed by atoms with E-state index in [2.05, 4.69) is 5.32 Å². The smallest absolute Gasteiger partial charge is 0.407 e. The Morgan fingerprint density at radius 2 is 1.79 bits per heavy atom. The van der Waals surface area contributed by atoms with E-state index in [1.807, 2.05) is 20.8 Å². The highest BCUT2D eigenvalue weighted by molar-refractivity contribution is 5.68. The highest BCUT2D eigenvalue weighted by atomic mass is 16.6. The van der Waals surface area contributed by atoms with E-state index in [4.69, 9.17) is 10.5 Å². The van der Waals surface area contributed by atoms with Gasteiger partial charge in [-0.25, -0.2) is 4.79 Å². The molecule has 4 aliphatic rings. The quantitative estimate of drug-likeness (QED) is 0.766. The van der Waals surface area contributed by atoms with Crippen LogP contribution in [0.15, 0.2) is 0 Å². The summed E-state index contributed by atoms with van der Waals surface area (Å²) in [7, 11) is 0. The van der Waals surface area contributed by atoms with Crippen molar-refractivity contribution in [1.82, 2.24) is 5.32 Å². The van der Waals surface area contributed by atoms with Crippen LogP contribution in [0.4, 0.5) is 4.79 Å². The minimum atomic E-state index is -0.426. The largest absolute Gasteiger partial charge is 0.444 e. The summed E-state index contributed by atoms with van der Waals surface area (Å²) < 4.78 is 5.39. The fourth-order valence-electron chi connectivity index (χ4n) is 4.77. The summed E-state index contributed by atoms with van der Waals surface area (Å²) in [4.78, 5) is 12.0. The molecule has 3 unspecified atom stereocenters. The molecule has 4 saturated carbocycles. The highest BCUT2D eigenvalue weighted by Gasteiger charge is 2.54. The number of rotatable bonds is 1. The summed E-state index contributed by atoms with van der Waals surface area (Å²) in [5.74, 6) is 1.91. The molecule has 4 nitrogen and oxygen atoms in total. The van der Waals surface area contributed by atoms with Crippen molar-refractivity contribution in [3.63, 3.8) is 0 Å². The number of carbonyl (C=O) groups is 1. The first kappa shape index (κ1) is 13.2. The summed E-state index contributed by atoms with van der Waals surface area (Å²) in [5, 5.41) is 3.12. The van der Waals surface area contributed by atoms with Gasteiger partial charge in [0.1, 0.15) is 5.60 Å². The number of nitrogens with one attached hydrogen (secondary N) is 1. The molecule has 3 N–H and O–H groups in total. The Balaban J connectivity index is 1.65. The zero-order chi connectivity index (χ0) is 13.8. The van der Waals surface area contributed by atoms with Gasteiger partial charge in [0, 0.05) is 11.6 Å². The van der Waals surface area contributed by atoms with Crippen LogP contribution < -0.4 is 11.1 Å². The fourth-order valence-corrected chi connectivity index (χ4v) is 4.77. The van der Waals surface area contributed by atoms with Gasteiger partial charge in [-0.2, -0.15) is 0 Å². The lowest BCUT2D eigenvalue weighted by atomic mass is 9.51. The molecule has 5 atom stereocenters. The molecule has 1 amide bonds. The molecular weight excluding hydrogens is 240 g/mol. The lowest BCUT2D eigenvalue weighted by molar-refractivity contribution is -0.0339. The molecule has 0 aromatic heterocycles. The summed E-state index contributed by atoms with van der Waals surface area (Å²) in [6.45, 7) is 5.70. The minimum Gasteiger partial charge on any atom is -0.444 e. The molecule has 0 spiro atoms. The van der Waals surface area contributed by atoms with E-state index in [1.165, 1.54) is 19.3 Å². The Bertz CT molecular complexity index is 372. The van der Waals surface area contributed by atoms with E-state index in [1.54, 1.807) is 0 Å². The van der Waals surface area contributed by atoms with Gasteiger partial charge in [-0.1, -0.05) is 0 Å². The van der Waals surface area contributed by atoms with Gasteiger partial charge >= 0.3 is 6.09 Å². The Morgan fingerprint density at radius 3 is 2.26 bits per heavy atom. The van der Waals surface area contributed by atoms with E-state index in [0.29, 0.717) is 11.8 Å². The maximum absolute atomic E-state index is 12.0. The van der Waals surface area contributed by atoms with Crippen LogP contribution in [0.1, 0.15) is 52.9 Å². The number of hydrogen-bond donors (Lipinski definition) is 2. The number of alkyl carbamates (subject to hydrolysis) is 1. The monoisotopic (exact) mass is 266 g/mol. The van der Waals surface area contributed by atoms with Crippen LogP contribution in [0.2, 0.25) is 0 Å². The van der Waals surface area contributed by atoms with E-state index < -0.39 is 5.60 Å². The molecule has 19 heavy (non-hydrogen) atoms. The van der Waals surface area contributed by atoms with Crippen molar-refractivity contribution >= 4 is 6.09 Å². The zero-order valence-electron chi connectivity index (χ0n) is 12.2. The lowest BCUT2D eigenvalue weighted by Crippen LogP contribution is -2.64. The molecule has 108 valence electrons. The second kappa shape index (κ2) is 4.11. The average molecular weight is 266 g/mol. The number of nitrogens with two attached hydrogens (primary N) is 1. The molecule has 4 rings (SSSR count). The Hall–Kier alpha value is -0.770. The summed E-state index contributed by atoms with van der Waals surface area (Å²) in [5.41, 5.74) is 6.10. The van der Waals surface area contributed by atoms with Gasteiger partial charge in [0.15, 0.2) is 0 Å². The highest BCUT2D eigenvalue weighted by Crippen LogP contribution is 2.54. The minimum absolute atomic E-state index is 0.0581. The van der Waals surface area contributed by atoms with E-state index >= 15 is 0 Å². The Labute approximate surface area is 115 Å². The molecule has 4 bridgehead atoms. The van der Waals surface area contributed by atoms with Crippen LogP contribution in [0.5, 0.6) is 0 Å². The van der Waals surface area contributed by atoms with Crippen LogP contribution in [0, 0.1) is 17.8 Å². The van der Waals surface area contributed by atoms with E-state index in [-0.39, 0.29) is 17.7 Å². The van der Waals surface area contributed by atoms with Crippen molar-refractivity contribution in [2.24, 2.45) is 23.5 Å². The predicted molar refractivity (Wildman–Crippen MR) is 73.6 cm³/mol. The number of ether oxygens (including phenoxy) is 1. The average Bonchev–Trinajstić information content (AvgIpc) is 2.18. The fraction of sp³-hybridized carbons (Fsp3) is 0.933. The molecule has 0 radical (unpaired) electrons.